The fraction of sp³-hybridized carbons (Fsp3) is 0.364. The fourth-order valence-corrected chi connectivity index (χ4v) is 1.51. The molecule has 0 unspecified atom stereocenters. The van der Waals surface area contributed by atoms with Crippen LogP contribution in [0, 0.1) is 13.8 Å². The molecular weight excluding hydrogens is 180 g/mol. The second-order valence-corrected chi connectivity index (χ2v) is 3.09. The molecule has 0 amide bonds. The van der Waals surface area contributed by atoms with Gasteiger partial charge in [0.1, 0.15) is 11.5 Å². The molecule has 0 bridgehead atoms. The van der Waals surface area contributed by atoms with Crippen molar-refractivity contribution >= 4 is 6.29 Å². The van der Waals surface area contributed by atoms with E-state index in [2.05, 4.69) is 0 Å². The van der Waals surface area contributed by atoms with E-state index in [1.807, 2.05) is 19.9 Å². The van der Waals surface area contributed by atoms with E-state index in [0.717, 1.165) is 17.4 Å². The van der Waals surface area contributed by atoms with Crippen LogP contribution in [0.3, 0.4) is 0 Å². The van der Waals surface area contributed by atoms with Gasteiger partial charge in [-0.15, -0.1) is 0 Å². The van der Waals surface area contributed by atoms with Gasteiger partial charge in [-0.3, -0.25) is 4.79 Å². The van der Waals surface area contributed by atoms with Gasteiger partial charge < -0.3 is 9.47 Å². The third kappa shape index (κ3) is 1.58. The summed E-state index contributed by atoms with van der Waals surface area (Å²) in [7, 11) is 3.14. The average Bonchev–Trinajstić information content (AvgIpc) is 2.20. The number of aryl methyl sites for hydroxylation is 1. The zero-order chi connectivity index (χ0) is 10.7. The van der Waals surface area contributed by atoms with E-state index in [0.29, 0.717) is 17.1 Å². The van der Waals surface area contributed by atoms with Gasteiger partial charge in [0.25, 0.3) is 0 Å². The molecule has 3 nitrogen and oxygen atoms in total. The topological polar surface area (TPSA) is 35.5 Å². The number of ether oxygens (including phenoxy) is 2. The lowest BCUT2D eigenvalue weighted by molar-refractivity contribution is 0.111. The molecule has 0 saturated carbocycles. The number of rotatable bonds is 3. The van der Waals surface area contributed by atoms with Crippen molar-refractivity contribution in [3.8, 4) is 11.5 Å². The molecule has 1 rings (SSSR count). The van der Waals surface area contributed by atoms with Crippen LogP contribution in [0.15, 0.2) is 6.07 Å². The largest absolute Gasteiger partial charge is 0.496 e. The summed E-state index contributed by atoms with van der Waals surface area (Å²) in [6.07, 6.45) is 0.795. The molecule has 0 N–H and O–H groups in total. The molecule has 0 radical (unpaired) electrons. The lowest BCUT2D eigenvalue weighted by atomic mass is 10.0. The van der Waals surface area contributed by atoms with Crippen LogP contribution in [-0.2, 0) is 0 Å². The molecule has 0 aromatic heterocycles. The minimum absolute atomic E-state index is 0.560. The Morgan fingerprint density at radius 1 is 1.21 bits per heavy atom. The van der Waals surface area contributed by atoms with E-state index >= 15 is 0 Å². The highest BCUT2D eigenvalue weighted by molar-refractivity contribution is 5.84. The Bertz CT molecular complexity index is 356. The Kier molecular flexibility index (Phi) is 3.12. The minimum atomic E-state index is 0.560. The summed E-state index contributed by atoms with van der Waals surface area (Å²) in [5, 5.41) is 0. The van der Waals surface area contributed by atoms with E-state index < -0.39 is 0 Å². The smallest absolute Gasteiger partial charge is 0.154 e. The molecule has 0 aliphatic rings. The predicted octanol–water partition coefficient (Wildman–Crippen LogP) is 2.13. The summed E-state index contributed by atoms with van der Waals surface area (Å²) in [5.41, 5.74) is 2.27. The molecule has 1 aromatic rings. The predicted molar refractivity (Wildman–Crippen MR) is 54.4 cm³/mol. The van der Waals surface area contributed by atoms with Gasteiger partial charge >= 0.3 is 0 Å². The first kappa shape index (κ1) is 10.6. The Balaban J connectivity index is 3.47. The number of carbonyl (C=O) groups excluding carboxylic acids is 1. The van der Waals surface area contributed by atoms with Crippen molar-refractivity contribution in [3.63, 3.8) is 0 Å². The number of hydrogen-bond acceptors (Lipinski definition) is 3. The van der Waals surface area contributed by atoms with E-state index in [-0.39, 0.29) is 0 Å². The third-order valence-corrected chi connectivity index (χ3v) is 2.27. The summed E-state index contributed by atoms with van der Waals surface area (Å²) in [6.45, 7) is 3.72. The third-order valence-electron chi connectivity index (χ3n) is 2.27. The van der Waals surface area contributed by atoms with Crippen molar-refractivity contribution in [1.82, 2.24) is 0 Å². The van der Waals surface area contributed by atoms with Crippen molar-refractivity contribution in [1.29, 1.82) is 0 Å². The minimum Gasteiger partial charge on any atom is -0.496 e. The van der Waals surface area contributed by atoms with Gasteiger partial charge in [0.05, 0.1) is 19.8 Å². The monoisotopic (exact) mass is 194 g/mol. The Morgan fingerprint density at radius 3 is 2.29 bits per heavy atom. The molecule has 0 spiro atoms. The molecule has 14 heavy (non-hydrogen) atoms. The first-order valence-electron chi connectivity index (χ1n) is 4.33. The van der Waals surface area contributed by atoms with Gasteiger partial charge in [0.15, 0.2) is 6.29 Å². The maximum Gasteiger partial charge on any atom is 0.154 e. The van der Waals surface area contributed by atoms with E-state index in [9.17, 15) is 4.79 Å². The number of carbonyl (C=O) groups is 1. The molecule has 3 heteroatoms. The number of benzene rings is 1. The molecule has 0 atom stereocenters. The zero-order valence-electron chi connectivity index (χ0n) is 8.88. The Morgan fingerprint density at radius 2 is 1.86 bits per heavy atom. The van der Waals surface area contributed by atoms with E-state index in [1.54, 1.807) is 14.2 Å². The van der Waals surface area contributed by atoms with Crippen LogP contribution >= 0.6 is 0 Å². The summed E-state index contributed by atoms with van der Waals surface area (Å²) in [6, 6.07) is 1.86. The SMILES string of the molecule is COc1cc(C)c(OC)c(C=O)c1C. The van der Waals surface area contributed by atoms with Crippen LogP contribution in [0.5, 0.6) is 11.5 Å². The molecule has 0 saturated heterocycles. The first-order valence-corrected chi connectivity index (χ1v) is 4.33. The summed E-state index contributed by atoms with van der Waals surface area (Å²) >= 11 is 0. The van der Waals surface area contributed by atoms with Crippen LogP contribution in [0.25, 0.3) is 0 Å². The lowest BCUT2D eigenvalue weighted by Gasteiger charge is -2.13. The van der Waals surface area contributed by atoms with Crippen molar-refractivity contribution < 1.29 is 14.3 Å². The van der Waals surface area contributed by atoms with Crippen molar-refractivity contribution in [3.05, 3.63) is 22.8 Å². The standard InChI is InChI=1S/C11H14O3/c1-7-5-10(13-3)8(2)9(6-12)11(7)14-4/h5-6H,1-4H3. The second kappa shape index (κ2) is 4.13. The van der Waals surface area contributed by atoms with Crippen LogP contribution in [0.4, 0.5) is 0 Å². The summed E-state index contributed by atoms with van der Waals surface area (Å²) in [5.74, 6) is 1.34. The quantitative estimate of drug-likeness (QED) is 0.691. The van der Waals surface area contributed by atoms with Gasteiger partial charge in [-0.1, -0.05) is 0 Å². The first-order chi connectivity index (χ1) is 6.65. The molecule has 0 heterocycles. The summed E-state index contributed by atoms with van der Waals surface area (Å²) < 4.78 is 10.3. The van der Waals surface area contributed by atoms with Crippen LogP contribution in [0.2, 0.25) is 0 Å². The lowest BCUT2D eigenvalue weighted by Crippen LogP contribution is -1.99. The van der Waals surface area contributed by atoms with Crippen LogP contribution < -0.4 is 9.47 Å². The Hall–Kier alpha value is -1.51. The van der Waals surface area contributed by atoms with Gasteiger partial charge in [0, 0.05) is 5.56 Å². The molecule has 0 fully saturated rings. The number of hydrogen-bond donors (Lipinski definition) is 0. The van der Waals surface area contributed by atoms with E-state index in [4.69, 9.17) is 9.47 Å². The highest BCUT2D eigenvalue weighted by atomic mass is 16.5. The molecule has 0 aliphatic heterocycles. The fourth-order valence-electron chi connectivity index (χ4n) is 1.51. The van der Waals surface area contributed by atoms with E-state index in [1.165, 1.54) is 0 Å². The maximum atomic E-state index is 10.9. The molecule has 0 aliphatic carbocycles. The maximum absolute atomic E-state index is 10.9. The van der Waals surface area contributed by atoms with Crippen molar-refractivity contribution in [2.45, 2.75) is 13.8 Å². The zero-order valence-corrected chi connectivity index (χ0v) is 8.88. The molecule has 1 aromatic carbocycles. The highest BCUT2D eigenvalue weighted by Crippen LogP contribution is 2.31. The van der Waals surface area contributed by atoms with Crippen molar-refractivity contribution in [2.24, 2.45) is 0 Å². The van der Waals surface area contributed by atoms with Gasteiger partial charge in [-0.2, -0.15) is 0 Å². The van der Waals surface area contributed by atoms with Gasteiger partial charge in [0.2, 0.25) is 0 Å². The number of methoxy groups -OCH3 is 2. The molecular formula is C11H14O3. The number of aldehydes is 1. The Labute approximate surface area is 83.6 Å². The van der Waals surface area contributed by atoms with Crippen LogP contribution in [0.1, 0.15) is 21.5 Å². The van der Waals surface area contributed by atoms with Crippen molar-refractivity contribution in [2.75, 3.05) is 14.2 Å². The normalized spacial score (nSPS) is 9.71. The second-order valence-electron chi connectivity index (χ2n) is 3.09. The molecule has 76 valence electrons. The average molecular weight is 194 g/mol. The summed E-state index contributed by atoms with van der Waals surface area (Å²) in [4.78, 5) is 10.9. The van der Waals surface area contributed by atoms with Gasteiger partial charge in [-0.25, -0.2) is 0 Å². The highest BCUT2D eigenvalue weighted by Gasteiger charge is 2.13. The van der Waals surface area contributed by atoms with Gasteiger partial charge in [-0.05, 0) is 25.5 Å². The van der Waals surface area contributed by atoms with Crippen LogP contribution in [-0.4, -0.2) is 20.5 Å².